The summed E-state index contributed by atoms with van der Waals surface area (Å²) in [6.45, 7) is 0.724. The maximum atomic E-state index is 13.3. The van der Waals surface area contributed by atoms with E-state index in [9.17, 15) is 4.79 Å². The molecule has 0 amide bonds. The highest BCUT2D eigenvalue weighted by molar-refractivity contribution is 5.86. The van der Waals surface area contributed by atoms with Crippen molar-refractivity contribution in [2.24, 2.45) is 0 Å². The number of rotatable bonds is 7. The molecule has 2 aromatic carbocycles. The summed E-state index contributed by atoms with van der Waals surface area (Å²) in [6.07, 6.45) is 3.41. The molecule has 0 fully saturated rings. The third kappa shape index (κ3) is 3.68. The Morgan fingerprint density at radius 1 is 0.941 bits per heavy atom. The second-order valence-corrected chi connectivity index (χ2v) is 7.85. The standard InChI is InChI=1S/C26H24N4O4/c1-32-16-20-24(18-7-5-4-6-8-18)25-27-14-19-21(30(25)28-20)11-12-29(26(19)31)15-17-9-10-22(33-2)23(13-17)34-3/h4-14H,15-16H2,1-3H3. The van der Waals surface area contributed by atoms with E-state index in [0.717, 1.165) is 22.4 Å². The van der Waals surface area contributed by atoms with Crippen LogP contribution in [0.3, 0.4) is 0 Å². The van der Waals surface area contributed by atoms with Gasteiger partial charge in [0.25, 0.3) is 5.56 Å². The molecule has 8 nitrogen and oxygen atoms in total. The lowest BCUT2D eigenvalue weighted by Gasteiger charge is -2.11. The lowest BCUT2D eigenvalue weighted by atomic mass is 10.1. The average Bonchev–Trinajstić information content (AvgIpc) is 3.24. The first-order valence-electron chi connectivity index (χ1n) is 10.8. The van der Waals surface area contributed by atoms with Crippen molar-refractivity contribution < 1.29 is 14.2 Å². The fourth-order valence-corrected chi connectivity index (χ4v) is 4.19. The Kier molecular flexibility index (Phi) is 5.73. The van der Waals surface area contributed by atoms with E-state index in [-0.39, 0.29) is 5.56 Å². The van der Waals surface area contributed by atoms with Crippen molar-refractivity contribution in [2.75, 3.05) is 21.3 Å². The summed E-state index contributed by atoms with van der Waals surface area (Å²) in [5.41, 5.74) is 4.81. The zero-order valence-electron chi connectivity index (χ0n) is 19.2. The number of fused-ring (bicyclic) bond motifs is 3. The van der Waals surface area contributed by atoms with E-state index >= 15 is 0 Å². The van der Waals surface area contributed by atoms with Crippen LogP contribution < -0.4 is 15.0 Å². The fraction of sp³-hybridized carbons (Fsp3) is 0.192. The maximum Gasteiger partial charge on any atom is 0.261 e. The van der Waals surface area contributed by atoms with E-state index in [0.29, 0.717) is 41.2 Å². The van der Waals surface area contributed by atoms with E-state index in [1.54, 1.807) is 42.8 Å². The van der Waals surface area contributed by atoms with Crippen molar-refractivity contribution in [3.05, 3.63) is 88.6 Å². The van der Waals surface area contributed by atoms with Crippen molar-refractivity contribution in [3.8, 4) is 22.6 Å². The van der Waals surface area contributed by atoms with Gasteiger partial charge < -0.3 is 18.8 Å². The molecule has 0 saturated carbocycles. The minimum Gasteiger partial charge on any atom is -0.493 e. The van der Waals surface area contributed by atoms with Gasteiger partial charge in [0, 0.05) is 19.5 Å². The minimum atomic E-state index is -0.147. The minimum absolute atomic E-state index is 0.147. The summed E-state index contributed by atoms with van der Waals surface area (Å²) in [7, 11) is 4.82. The molecular formula is C26H24N4O4. The molecule has 5 aromatic rings. The van der Waals surface area contributed by atoms with Gasteiger partial charge in [0.05, 0.1) is 49.5 Å². The van der Waals surface area contributed by atoms with Crippen LogP contribution in [0.4, 0.5) is 0 Å². The number of nitrogens with zero attached hydrogens (tertiary/aromatic N) is 4. The van der Waals surface area contributed by atoms with Gasteiger partial charge >= 0.3 is 0 Å². The molecule has 0 aliphatic carbocycles. The van der Waals surface area contributed by atoms with Gasteiger partial charge in [0.2, 0.25) is 0 Å². The van der Waals surface area contributed by atoms with Crippen LogP contribution in [0.25, 0.3) is 27.7 Å². The average molecular weight is 457 g/mol. The SMILES string of the molecule is COCc1nn2c(ncc3c(=O)n(Cc4ccc(OC)c(OC)c4)ccc32)c1-c1ccccc1. The lowest BCUT2D eigenvalue weighted by Crippen LogP contribution is -2.21. The van der Waals surface area contributed by atoms with Gasteiger partial charge in [-0.15, -0.1) is 0 Å². The molecule has 5 rings (SSSR count). The van der Waals surface area contributed by atoms with Gasteiger partial charge in [-0.05, 0) is 29.3 Å². The largest absolute Gasteiger partial charge is 0.493 e. The number of benzene rings is 2. The topological polar surface area (TPSA) is 79.9 Å². The first-order valence-corrected chi connectivity index (χ1v) is 10.8. The highest BCUT2D eigenvalue weighted by Gasteiger charge is 2.18. The molecule has 3 heterocycles. The lowest BCUT2D eigenvalue weighted by molar-refractivity contribution is 0.181. The van der Waals surface area contributed by atoms with Crippen LogP contribution in [0, 0.1) is 0 Å². The molecule has 0 aliphatic heterocycles. The summed E-state index contributed by atoms with van der Waals surface area (Å²) in [4.78, 5) is 18.0. The summed E-state index contributed by atoms with van der Waals surface area (Å²) in [6, 6.07) is 17.5. The molecule has 0 radical (unpaired) electrons. The Hall–Kier alpha value is -4.17. The van der Waals surface area contributed by atoms with Crippen LogP contribution in [-0.4, -0.2) is 40.5 Å². The van der Waals surface area contributed by atoms with Crippen LogP contribution in [0.15, 0.2) is 71.8 Å². The third-order valence-corrected chi connectivity index (χ3v) is 5.80. The van der Waals surface area contributed by atoms with Crippen molar-refractivity contribution in [1.29, 1.82) is 0 Å². The summed E-state index contributed by atoms with van der Waals surface area (Å²) in [5, 5.41) is 5.24. The second kappa shape index (κ2) is 8.99. The summed E-state index contributed by atoms with van der Waals surface area (Å²) < 4.78 is 19.5. The zero-order valence-corrected chi connectivity index (χ0v) is 19.2. The molecule has 0 atom stereocenters. The van der Waals surface area contributed by atoms with E-state index in [1.165, 1.54) is 0 Å². The molecule has 34 heavy (non-hydrogen) atoms. The highest BCUT2D eigenvalue weighted by atomic mass is 16.5. The van der Waals surface area contributed by atoms with Gasteiger partial charge in [0.15, 0.2) is 17.1 Å². The summed E-state index contributed by atoms with van der Waals surface area (Å²) in [5.74, 6) is 1.26. The number of hydrogen-bond acceptors (Lipinski definition) is 6. The molecular weight excluding hydrogens is 432 g/mol. The van der Waals surface area contributed by atoms with Gasteiger partial charge in [-0.2, -0.15) is 5.10 Å². The monoisotopic (exact) mass is 456 g/mol. The first-order chi connectivity index (χ1) is 16.6. The predicted octanol–water partition coefficient (Wildman–Crippen LogP) is 3.92. The highest BCUT2D eigenvalue weighted by Crippen LogP contribution is 2.30. The van der Waals surface area contributed by atoms with Crippen molar-refractivity contribution in [2.45, 2.75) is 13.2 Å². The molecule has 0 N–H and O–H groups in total. The normalized spacial score (nSPS) is 11.3. The molecule has 172 valence electrons. The number of methoxy groups -OCH3 is 3. The van der Waals surface area contributed by atoms with E-state index < -0.39 is 0 Å². The Morgan fingerprint density at radius 3 is 2.47 bits per heavy atom. The van der Waals surface area contributed by atoms with Crippen molar-refractivity contribution in [1.82, 2.24) is 19.2 Å². The van der Waals surface area contributed by atoms with E-state index in [4.69, 9.17) is 19.3 Å². The molecule has 0 saturated heterocycles. The van der Waals surface area contributed by atoms with Crippen LogP contribution in [0.2, 0.25) is 0 Å². The van der Waals surface area contributed by atoms with Gasteiger partial charge in [-0.3, -0.25) is 4.79 Å². The number of hydrogen-bond donors (Lipinski definition) is 0. The first kappa shape index (κ1) is 21.7. The molecule has 0 spiro atoms. The van der Waals surface area contributed by atoms with Crippen LogP contribution in [0.5, 0.6) is 11.5 Å². The Balaban J connectivity index is 1.62. The van der Waals surface area contributed by atoms with Crippen LogP contribution in [0.1, 0.15) is 11.3 Å². The van der Waals surface area contributed by atoms with E-state index in [1.807, 2.05) is 54.6 Å². The third-order valence-electron chi connectivity index (χ3n) is 5.80. The van der Waals surface area contributed by atoms with Crippen molar-refractivity contribution >= 4 is 16.6 Å². The fourth-order valence-electron chi connectivity index (χ4n) is 4.19. The van der Waals surface area contributed by atoms with Crippen LogP contribution in [-0.2, 0) is 17.9 Å². The number of ether oxygens (including phenoxy) is 3. The van der Waals surface area contributed by atoms with Crippen molar-refractivity contribution in [3.63, 3.8) is 0 Å². The Morgan fingerprint density at radius 2 is 1.74 bits per heavy atom. The second-order valence-electron chi connectivity index (χ2n) is 7.85. The van der Waals surface area contributed by atoms with E-state index in [2.05, 4.69) is 4.98 Å². The number of pyridine rings is 1. The Labute approximate surface area is 196 Å². The predicted molar refractivity (Wildman–Crippen MR) is 130 cm³/mol. The van der Waals surface area contributed by atoms with Gasteiger partial charge in [-0.25, -0.2) is 9.50 Å². The molecule has 0 bridgehead atoms. The summed E-state index contributed by atoms with van der Waals surface area (Å²) >= 11 is 0. The quantitative estimate of drug-likeness (QED) is 0.369. The molecule has 3 aromatic heterocycles. The molecule has 0 unspecified atom stereocenters. The maximum absolute atomic E-state index is 13.3. The number of aromatic nitrogens is 4. The van der Waals surface area contributed by atoms with Crippen LogP contribution >= 0.6 is 0 Å². The zero-order chi connectivity index (χ0) is 23.7. The Bertz CT molecular complexity index is 1540. The smallest absolute Gasteiger partial charge is 0.261 e. The van der Waals surface area contributed by atoms with Gasteiger partial charge in [0.1, 0.15) is 0 Å². The molecule has 8 heteroatoms. The molecule has 0 aliphatic rings. The van der Waals surface area contributed by atoms with Gasteiger partial charge in [-0.1, -0.05) is 36.4 Å².